The molecule has 0 radical (unpaired) electrons. The molecule has 0 N–H and O–H groups in total. The Kier molecular flexibility index (Phi) is 8.07. The third-order valence-electron chi connectivity index (χ3n) is 14.9. The fourth-order valence-corrected chi connectivity index (χ4v) is 11.6. The van der Waals surface area contributed by atoms with Crippen molar-refractivity contribution in [3.05, 3.63) is 218 Å². The Labute approximate surface area is 412 Å². The van der Waals surface area contributed by atoms with Crippen molar-refractivity contribution in [1.29, 1.82) is 0 Å². The van der Waals surface area contributed by atoms with Crippen LogP contribution in [-0.4, -0.2) is 19.9 Å². The molecule has 0 saturated carbocycles. The minimum absolute atomic E-state index is 0.567. The average Bonchev–Trinajstić information content (AvgIpc) is 4.24. The van der Waals surface area contributed by atoms with Gasteiger partial charge in [0.05, 0.1) is 11.2 Å². The van der Waals surface area contributed by atoms with Crippen molar-refractivity contribution in [3.8, 4) is 112 Å². The van der Waals surface area contributed by atoms with Crippen molar-refractivity contribution < 1.29 is 8.83 Å². The number of hydrogen-bond donors (Lipinski definition) is 0. The molecule has 2 aliphatic carbocycles. The Balaban J connectivity index is 0.960. The Morgan fingerprint density at radius 3 is 1.26 bits per heavy atom. The molecule has 0 bridgehead atoms. The highest BCUT2D eigenvalue weighted by Crippen LogP contribution is 2.53. The van der Waals surface area contributed by atoms with E-state index in [9.17, 15) is 0 Å². The molecule has 16 rings (SSSR count). The summed E-state index contributed by atoms with van der Waals surface area (Å²) in [7, 11) is 0. The summed E-state index contributed by atoms with van der Waals surface area (Å²) in [5, 5.41) is 5.88. The van der Waals surface area contributed by atoms with Gasteiger partial charge in [0.2, 0.25) is 11.8 Å². The van der Waals surface area contributed by atoms with Gasteiger partial charge in [-0.3, -0.25) is 0 Å². The van der Waals surface area contributed by atoms with E-state index >= 15 is 0 Å². The highest BCUT2D eigenvalue weighted by atomic mass is 16.4. The Morgan fingerprint density at radius 2 is 0.708 bits per heavy atom. The van der Waals surface area contributed by atoms with Crippen LogP contribution in [0.5, 0.6) is 0 Å². The second-order valence-electron chi connectivity index (χ2n) is 18.8. The lowest BCUT2D eigenvalue weighted by Gasteiger charge is -2.18. The summed E-state index contributed by atoms with van der Waals surface area (Å²) in [6.07, 6.45) is 0. The summed E-state index contributed by atoms with van der Waals surface area (Å²) in [5.41, 5.74) is 22.9. The number of oxazole rings is 2. The van der Waals surface area contributed by atoms with E-state index in [1.54, 1.807) is 0 Å². The van der Waals surface area contributed by atoms with Gasteiger partial charge in [0.15, 0.2) is 17.0 Å². The SMILES string of the molecule is c1ccc2c(c1)-c1cccc3c(-c4cc(-c5ccc6c7c(cccc57)-c5ccccc5-6)c5nc(-c6ccc(-c7nc8ccccc8o7)cc6)nc(-c6ccc(-c7nc8ccccc8o7)cc6)c5c4)ccc-2c13. The lowest BCUT2D eigenvalue weighted by atomic mass is 9.88. The number of fused-ring (bicyclic) bond motifs is 9. The number of hydrogen-bond acceptors (Lipinski definition) is 6. The summed E-state index contributed by atoms with van der Waals surface area (Å²) in [4.78, 5) is 20.8. The van der Waals surface area contributed by atoms with Crippen molar-refractivity contribution >= 4 is 54.6 Å². The van der Waals surface area contributed by atoms with Gasteiger partial charge in [-0.25, -0.2) is 19.9 Å². The van der Waals surface area contributed by atoms with E-state index in [0.717, 1.165) is 83.3 Å². The van der Waals surface area contributed by atoms with Crippen LogP contribution in [0, 0.1) is 0 Å². The number of aromatic nitrogens is 4. The molecule has 72 heavy (non-hydrogen) atoms. The van der Waals surface area contributed by atoms with Crippen molar-refractivity contribution in [1.82, 2.24) is 19.9 Å². The molecule has 6 nitrogen and oxygen atoms in total. The zero-order valence-electron chi connectivity index (χ0n) is 38.4. The fourth-order valence-electron chi connectivity index (χ4n) is 11.6. The molecule has 0 unspecified atom stereocenters. The largest absolute Gasteiger partial charge is 0.436 e. The maximum atomic E-state index is 6.24. The van der Waals surface area contributed by atoms with Crippen LogP contribution in [-0.2, 0) is 0 Å². The standard InChI is InChI=1S/C66H36N4O2/c1-3-13-45-43(11-1)49-16-9-15-48-42(31-33-52(45)60(48)49)41-35-54(47-32-34-53-46-14-4-2-12-44(46)50-17-10-18-51(47)61(50)53)63-55(36-41)62(37-23-27-39(28-24-37)65-67-56-19-5-7-21-58(56)71-65)69-64(70-63)38-25-29-40(30-26-38)66-68-57-20-6-8-22-59(57)72-66/h1-36H. The van der Waals surface area contributed by atoms with Crippen LogP contribution in [0.15, 0.2) is 227 Å². The van der Waals surface area contributed by atoms with Gasteiger partial charge in [-0.2, -0.15) is 0 Å². The lowest BCUT2D eigenvalue weighted by Crippen LogP contribution is -1.98. The Hall–Kier alpha value is -9.78. The van der Waals surface area contributed by atoms with E-state index < -0.39 is 0 Å². The van der Waals surface area contributed by atoms with E-state index in [2.05, 4.69) is 158 Å². The quantitative estimate of drug-likeness (QED) is 0.165. The molecule has 0 amide bonds. The average molecular weight is 917 g/mol. The molecule has 0 aliphatic heterocycles. The van der Waals surface area contributed by atoms with Crippen molar-refractivity contribution in [2.45, 2.75) is 0 Å². The summed E-state index contributed by atoms with van der Waals surface area (Å²) >= 11 is 0. The second kappa shape index (κ2) is 14.9. The van der Waals surface area contributed by atoms with Crippen LogP contribution >= 0.6 is 0 Å². The number of rotatable bonds is 6. The van der Waals surface area contributed by atoms with E-state index in [4.69, 9.17) is 28.8 Å². The van der Waals surface area contributed by atoms with Gasteiger partial charge in [-0.05, 0) is 143 Å². The molecule has 332 valence electrons. The van der Waals surface area contributed by atoms with Crippen molar-refractivity contribution in [2.24, 2.45) is 0 Å². The van der Waals surface area contributed by atoms with Gasteiger partial charge in [0.25, 0.3) is 0 Å². The smallest absolute Gasteiger partial charge is 0.227 e. The maximum absolute atomic E-state index is 6.24. The van der Waals surface area contributed by atoms with Crippen LogP contribution in [0.4, 0.5) is 0 Å². The third kappa shape index (κ3) is 5.72. The van der Waals surface area contributed by atoms with Gasteiger partial charge < -0.3 is 8.83 Å². The summed E-state index contributed by atoms with van der Waals surface area (Å²) in [5.74, 6) is 1.75. The predicted octanol–water partition coefficient (Wildman–Crippen LogP) is 17.5. The van der Waals surface area contributed by atoms with Gasteiger partial charge >= 0.3 is 0 Å². The van der Waals surface area contributed by atoms with Gasteiger partial charge in [-0.1, -0.05) is 158 Å². The van der Waals surface area contributed by atoms with E-state index in [0.29, 0.717) is 17.6 Å². The summed E-state index contributed by atoms with van der Waals surface area (Å²) in [6, 6.07) is 77.2. The predicted molar refractivity (Wildman–Crippen MR) is 291 cm³/mol. The van der Waals surface area contributed by atoms with Crippen molar-refractivity contribution in [3.63, 3.8) is 0 Å². The van der Waals surface area contributed by atoms with Crippen LogP contribution in [0.3, 0.4) is 0 Å². The highest BCUT2D eigenvalue weighted by molar-refractivity contribution is 6.22. The molecule has 2 aliphatic rings. The zero-order chi connectivity index (χ0) is 47.0. The van der Waals surface area contributed by atoms with E-state index in [-0.39, 0.29) is 0 Å². The molecule has 11 aromatic carbocycles. The Bertz CT molecular complexity index is 4500. The molecule has 6 heteroatoms. The zero-order valence-corrected chi connectivity index (χ0v) is 38.4. The van der Waals surface area contributed by atoms with Crippen molar-refractivity contribution in [2.75, 3.05) is 0 Å². The molecule has 14 aromatic rings. The molecular weight excluding hydrogens is 881 g/mol. The van der Waals surface area contributed by atoms with Crippen LogP contribution in [0.1, 0.15) is 0 Å². The van der Waals surface area contributed by atoms with Crippen LogP contribution in [0.25, 0.3) is 167 Å². The maximum Gasteiger partial charge on any atom is 0.227 e. The minimum atomic E-state index is 0.567. The van der Waals surface area contributed by atoms with Gasteiger partial charge in [0.1, 0.15) is 11.0 Å². The Morgan fingerprint density at radius 1 is 0.264 bits per heavy atom. The molecule has 3 heterocycles. The fraction of sp³-hybridized carbons (Fsp3) is 0. The summed E-state index contributed by atoms with van der Waals surface area (Å²) < 4.78 is 12.4. The molecule has 0 saturated heterocycles. The lowest BCUT2D eigenvalue weighted by molar-refractivity contribution is 0.619. The normalized spacial score (nSPS) is 12.2. The first-order valence-corrected chi connectivity index (χ1v) is 24.3. The molecule has 0 spiro atoms. The van der Waals surface area contributed by atoms with Crippen LogP contribution in [0.2, 0.25) is 0 Å². The first-order chi connectivity index (χ1) is 35.7. The topological polar surface area (TPSA) is 77.8 Å². The second-order valence-corrected chi connectivity index (χ2v) is 18.8. The summed E-state index contributed by atoms with van der Waals surface area (Å²) in [6.45, 7) is 0. The molecular formula is C66H36N4O2. The molecule has 0 fully saturated rings. The highest BCUT2D eigenvalue weighted by Gasteiger charge is 2.27. The molecule has 3 aromatic heterocycles. The van der Waals surface area contributed by atoms with E-state index in [1.165, 1.54) is 66.1 Å². The molecule has 0 atom stereocenters. The number of para-hydroxylation sites is 4. The van der Waals surface area contributed by atoms with E-state index in [1.807, 2.05) is 60.7 Å². The van der Waals surface area contributed by atoms with Gasteiger partial charge in [0, 0.05) is 33.2 Å². The number of benzene rings is 11. The monoisotopic (exact) mass is 916 g/mol. The first-order valence-electron chi connectivity index (χ1n) is 24.3. The third-order valence-corrected chi connectivity index (χ3v) is 14.9. The van der Waals surface area contributed by atoms with Crippen LogP contribution < -0.4 is 0 Å². The minimum Gasteiger partial charge on any atom is -0.436 e. The number of nitrogens with zero attached hydrogens (tertiary/aromatic N) is 4. The van der Waals surface area contributed by atoms with Gasteiger partial charge in [-0.15, -0.1) is 0 Å². The first kappa shape index (κ1) is 39.1.